The van der Waals surface area contributed by atoms with Crippen LogP contribution in [0.15, 0.2) is 65.4 Å². The number of rotatable bonds is 4. The molecular weight excluding hydrogens is 316 g/mol. The number of aromatic nitrogens is 1. The number of anilines is 1. The zero-order valence-corrected chi connectivity index (χ0v) is 13.2. The first-order valence-corrected chi connectivity index (χ1v) is 7.81. The lowest BCUT2D eigenvalue weighted by Gasteiger charge is -2.25. The smallest absolute Gasteiger partial charge is 0.258 e. The van der Waals surface area contributed by atoms with Gasteiger partial charge in [0.15, 0.2) is 0 Å². The van der Waals surface area contributed by atoms with E-state index < -0.39 is 6.17 Å². The fourth-order valence-corrected chi connectivity index (χ4v) is 2.95. The molecule has 2 aromatic heterocycles. The van der Waals surface area contributed by atoms with Crippen molar-refractivity contribution < 1.29 is 9.21 Å². The lowest BCUT2D eigenvalue weighted by Crippen LogP contribution is -2.32. The van der Waals surface area contributed by atoms with Crippen LogP contribution in [0.5, 0.6) is 0 Å². The van der Waals surface area contributed by atoms with Crippen LogP contribution in [0.3, 0.4) is 0 Å². The van der Waals surface area contributed by atoms with Gasteiger partial charge in [0.1, 0.15) is 11.9 Å². The maximum Gasteiger partial charge on any atom is 0.258 e. The standard InChI is InChI=1S/C19H14N4O2/c20-11-13-4-1-5-14(10-13)22-18-17-16(7-2-8-21-17)19(24)23(18)12-15-6-3-9-25-15/h1-10,18,22H,12H2. The van der Waals surface area contributed by atoms with Gasteiger partial charge >= 0.3 is 0 Å². The van der Waals surface area contributed by atoms with Crippen LogP contribution < -0.4 is 5.32 Å². The van der Waals surface area contributed by atoms with E-state index in [0.717, 1.165) is 5.69 Å². The summed E-state index contributed by atoms with van der Waals surface area (Å²) in [5, 5.41) is 12.4. The summed E-state index contributed by atoms with van der Waals surface area (Å²) in [6.07, 6.45) is 2.82. The van der Waals surface area contributed by atoms with Crippen molar-refractivity contribution in [2.24, 2.45) is 0 Å². The number of benzene rings is 1. The van der Waals surface area contributed by atoms with Gasteiger partial charge in [-0.05, 0) is 42.5 Å². The largest absolute Gasteiger partial charge is 0.467 e. The number of nitrogens with zero attached hydrogens (tertiary/aromatic N) is 3. The van der Waals surface area contributed by atoms with Crippen molar-refractivity contribution >= 4 is 11.6 Å². The summed E-state index contributed by atoms with van der Waals surface area (Å²) in [5.41, 5.74) is 2.54. The van der Waals surface area contributed by atoms with Crippen molar-refractivity contribution in [3.05, 3.63) is 83.6 Å². The molecule has 0 aliphatic carbocycles. The van der Waals surface area contributed by atoms with Crippen molar-refractivity contribution in [2.45, 2.75) is 12.7 Å². The Labute approximate surface area is 144 Å². The van der Waals surface area contributed by atoms with Crippen molar-refractivity contribution in [2.75, 3.05) is 5.32 Å². The molecule has 4 rings (SSSR count). The number of carbonyl (C=O) groups is 1. The van der Waals surface area contributed by atoms with Gasteiger partial charge in [0.05, 0.1) is 35.7 Å². The number of pyridine rings is 1. The second-order valence-electron chi connectivity index (χ2n) is 5.69. The highest BCUT2D eigenvalue weighted by Crippen LogP contribution is 2.34. The molecule has 0 spiro atoms. The Bertz CT molecular complexity index is 960. The van der Waals surface area contributed by atoms with Gasteiger partial charge in [0.2, 0.25) is 0 Å². The maximum absolute atomic E-state index is 12.8. The van der Waals surface area contributed by atoms with Gasteiger partial charge in [-0.25, -0.2) is 0 Å². The second kappa shape index (κ2) is 6.13. The van der Waals surface area contributed by atoms with Gasteiger partial charge in [0, 0.05) is 11.9 Å². The Morgan fingerprint density at radius 3 is 2.96 bits per heavy atom. The molecular formula is C19H14N4O2. The molecule has 6 heteroatoms. The summed E-state index contributed by atoms with van der Waals surface area (Å²) in [5.74, 6) is 0.590. The van der Waals surface area contributed by atoms with Crippen molar-refractivity contribution in [3.8, 4) is 6.07 Å². The zero-order chi connectivity index (χ0) is 17.2. The minimum Gasteiger partial charge on any atom is -0.467 e. The molecule has 3 aromatic rings. The molecule has 1 aliphatic heterocycles. The summed E-state index contributed by atoms with van der Waals surface area (Å²) < 4.78 is 5.39. The third kappa shape index (κ3) is 2.72. The van der Waals surface area contributed by atoms with Crippen LogP contribution in [0.2, 0.25) is 0 Å². The van der Waals surface area contributed by atoms with Gasteiger partial charge in [-0.2, -0.15) is 5.26 Å². The number of furan rings is 1. The Morgan fingerprint density at radius 1 is 1.24 bits per heavy atom. The molecule has 1 amide bonds. The zero-order valence-electron chi connectivity index (χ0n) is 13.2. The molecule has 1 aliphatic rings. The van der Waals surface area contributed by atoms with E-state index in [0.29, 0.717) is 29.1 Å². The minimum absolute atomic E-state index is 0.103. The van der Waals surface area contributed by atoms with Crippen LogP contribution in [0.25, 0.3) is 0 Å². The Balaban J connectivity index is 1.70. The van der Waals surface area contributed by atoms with E-state index in [1.807, 2.05) is 12.1 Å². The van der Waals surface area contributed by atoms with E-state index in [1.54, 1.807) is 53.8 Å². The van der Waals surface area contributed by atoms with E-state index >= 15 is 0 Å². The van der Waals surface area contributed by atoms with Crippen molar-refractivity contribution in [1.82, 2.24) is 9.88 Å². The Hall–Kier alpha value is -3.59. The molecule has 122 valence electrons. The highest BCUT2D eigenvalue weighted by molar-refractivity contribution is 5.98. The number of hydrogen-bond donors (Lipinski definition) is 1. The van der Waals surface area contributed by atoms with Gasteiger partial charge in [-0.3, -0.25) is 9.78 Å². The number of amides is 1. The van der Waals surface area contributed by atoms with Crippen molar-refractivity contribution in [1.29, 1.82) is 5.26 Å². The van der Waals surface area contributed by atoms with E-state index in [-0.39, 0.29) is 5.91 Å². The van der Waals surface area contributed by atoms with Crippen LogP contribution in [0, 0.1) is 11.3 Å². The summed E-state index contributed by atoms with van der Waals surface area (Å²) in [4.78, 5) is 18.9. The molecule has 1 N–H and O–H groups in total. The van der Waals surface area contributed by atoms with E-state index in [9.17, 15) is 4.79 Å². The second-order valence-corrected chi connectivity index (χ2v) is 5.69. The highest BCUT2D eigenvalue weighted by Gasteiger charge is 2.38. The molecule has 6 nitrogen and oxygen atoms in total. The normalized spacial score (nSPS) is 15.7. The van der Waals surface area contributed by atoms with Crippen LogP contribution in [0.1, 0.15) is 33.5 Å². The van der Waals surface area contributed by atoms with Gasteiger partial charge < -0.3 is 14.6 Å². The molecule has 3 heterocycles. The molecule has 0 saturated heterocycles. The SMILES string of the molecule is N#Cc1cccc(NC2c3ncccc3C(=O)N2Cc2ccco2)c1. The Morgan fingerprint density at radius 2 is 2.16 bits per heavy atom. The summed E-state index contributed by atoms with van der Waals surface area (Å²) in [7, 11) is 0. The molecule has 1 atom stereocenters. The van der Waals surface area contributed by atoms with Gasteiger partial charge in [0.25, 0.3) is 5.91 Å². The summed E-state index contributed by atoms with van der Waals surface area (Å²) in [6, 6.07) is 16.4. The van der Waals surface area contributed by atoms with Gasteiger partial charge in [-0.15, -0.1) is 0 Å². The summed E-state index contributed by atoms with van der Waals surface area (Å²) >= 11 is 0. The quantitative estimate of drug-likeness (QED) is 0.793. The van der Waals surface area contributed by atoms with Crippen LogP contribution in [0.4, 0.5) is 5.69 Å². The molecule has 0 radical (unpaired) electrons. The predicted molar refractivity (Wildman–Crippen MR) is 90.3 cm³/mol. The van der Waals surface area contributed by atoms with Crippen LogP contribution in [-0.4, -0.2) is 15.8 Å². The first kappa shape index (κ1) is 15.0. The average molecular weight is 330 g/mol. The van der Waals surface area contributed by atoms with E-state index in [2.05, 4.69) is 16.4 Å². The Kier molecular flexibility index (Phi) is 3.67. The van der Waals surface area contributed by atoms with E-state index in [1.165, 1.54) is 0 Å². The molecule has 1 aromatic carbocycles. The monoisotopic (exact) mass is 330 g/mol. The topological polar surface area (TPSA) is 82.2 Å². The lowest BCUT2D eigenvalue weighted by molar-refractivity contribution is 0.0714. The third-order valence-electron chi connectivity index (χ3n) is 4.10. The molecule has 0 bridgehead atoms. The highest BCUT2D eigenvalue weighted by atomic mass is 16.3. The molecule has 0 saturated carbocycles. The lowest BCUT2D eigenvalue weighted by atomic mass is 10.2. The summed E-state index contributed by atoms with van der Waals surface area (Å²) in [6.45, 7) is 0.331. The maximum atomic E-state index is 12.8. The minimum atomic E-state index is -0.428. The predicted octanol–water partition coefficient (Wildman–Crippen LogP) is 3.31. The van der Waals surface area contributed by atoms with Crippen LogP contribution >= 0.6 is 0 Å². The molecule has 0 fully saturated rings. The third-order valence-corrected chi connectivity index (χ3v) is 4.10. The number of carbonyl (C=O) groups excluding carboxylic acids is 1. The van der Waals surface area contributed by atoms with E-state index in [4.69, 9.17) is 9.68 Å². The number of nitriles is 1. The van der Waals surface area contributed by atoms with Crippen molar-refractivity contribution in [3.63, 3.8) is 0 Å². The number of nitrogens with one attached hydrogen (secondary N) is 1. The first-order valence-electron chi connectivity index (χ1n) is 7.81. The van der Waals surface area contributed by atoms with Crippen LogP contribution in [-0.2, 0) is 6.54 Å². The molecule has 25 heavy (non-hydrogen) atoms. The average Bonchev–Trinajstić information content (AvgIpc) is 3.25. The number of fused-ring (bicyclic) bond motifs is 1. The first-order chi connectivity index (χ1) is 12.3. The molecule has 1 unspecified atom stereocenters. The van der Waals surface area contributed by atoms with Gasteiger partial charge in [-0.1, -0.05) is 6.07 Å². The fraction of sp³-hybridized carbons (Fsp3) is 0.105. The fourth-order valence-electron chi connectivity index (χ4n) is 2.95. The number of hydrogen-bond acceptors (Lipinski definition) is 5.